The summed E-state index contributed by atoms with van der Waals surface area (Å²) in [5, 5.41) is 3.15. The van der Waals surface area contributed by atoms with Crippen LogP contribution in [0.3, 0.4) is 0 Å². The van der Waals surface area contributed by atoms with Gasteiger partial charge >= 0.3 is 0 Å². The zero-order chi connectivity index (χ0) is 13.0. The third-order valence-electron chi connectivity index (χ3n) is 2.46. The van der Waals surface area contributed by atoms with Crippen LogP contribution in [0.15, 0.2) is 36.5 Å². The molecule has 5 heteroatoms. The van der Waals surface area contributed by atoms with Crippen molar-refractivity contribution in [1.82, 2.24) is 4.98 Å². The summed E-state index contributed by atoms with van der Waals surface area (Å²) in [6.45, 7) is 0. The molecule has 2 aromatic rings. The van der Waals surface area contributed by atoms with Crippen molar-refractivity contribution in [2.24, 2.45) is 0 Å². The van der Waals surface area contributed by atoms with Crippen molar-refractivity contribution in [3.05, 3.63) is 36.5 Å². The van der Waals surface area contributed by atoms with Crippen LogP contribution in [-0.4, -0.2) is 19.2 Å². The van der Waals surface area contributed by atoms with E-state index in [2.05, 4.69) is 10.3 Å². The minimum absolute atomic E-state index is 0.623. The molecule has 0 fully saturated rings. The zero-order valence-electron chi connectivity index (χ0n) is 10.3. The molecule has 0 radical (unpaired) electrons. The van der Waals surface area contributed by atoms with E-state index in [1.54, 1.807) is 32.5 Å². The maximum atomic E-state index is 5.59. The quantitative estimate of drug-likeness (QED) is 0.865. The van der Waals surface area contributed by atoms with Crippen molar-refractivity contribution >= 4 is 17.2 Å². The minimum Gasteiger partial charge on any atom is -0.497 e. The van der Waals surface area contributed by atoms with Gasteiger partial charge in [0.15, 0.2) is 0 Å². The maximum Gasteiger partial charge on any atom is 0.142 e. The molecular formula is C13H15N3O2. The first-order valence-corrected chi connectivity index (χ1v) is 5.43. The predicted octanol–water partition coefficient (Wildman–Crippen LogP) is 2.42. The number of benzene rings is 1. The number of nitrogen functional groups attached to an aromatic ring is 1. The van der Waals surface area contributed by atoms with Gasteiger partial charge in [-0.2, -0.15) is 0 Å². The summed E-state index contributed by atoms with van der Waals surface area (Å²) in [6, 6.07) is 9.09. The number of nitrogens with zero attached hydrogens (tertiary/aromatic N) is 1. The number of methoxy groups -OCH3 is 2. The van der Waals surface area contributed by atoms with Crippen LogP contribution in [0.1, 0.15) is 0 Å². The van der Waals surface area contributed by atoms with Gasteiger partial charge in [-0.1, -0.05) is 0 Å². The molecule has 0 saturated heterocycles. The molecule has 0 aliphatic heterocycles. The van der Waals surface area contributed by atoms with Crippen LogP contribution in [0.2, 0.25) is 0 Å². The van der Waals surface area contributed by atoms with Gasteiger partial charge < -0.3 is 20.5 Å². The molecule has 0 aliphatic carbocycles. The van der Waals surface area contributed by atoms with E-state index in [4.69, 9.17) is 15.2 Å². The Balaban J connectivity index is 2.29. The maximum absolute atomic E-state index is 5.59. The summed E-state index contributed by atoms with van der Waals surface area (Å²) in [5.74, 6) is 2.15. The molecule has 94 valence electrons. The largest absolute Gasteiger partial charge is 0.497 e. The van der Waals surface area contributed by atoms with E-state index in [-0.39, 0.29) is 0 Å². The van der Waals surface area contributed by atoms with Gasteiger partial charge in [0, 0.05) is 6.07 Å². The summed E-state index contributed by atoms with van der Waals surface area (Å²) in [5.41, 5.74) is 7.00. The van der Waals surface area contributed by atoms with Crippen LogP contribution in [0.25, 0.3) is 0 Å². The van der Waals surface area contributed by atoms with Gasteiger partial charge in [0.2, 0.25) is 0 Å². The van der Waals surface area contributed by atoms with Gasteiger partial charge in [-0.05, 0) is 24.3 Å². The average Bonchev–Trinajstić information content (AvgIpc) is 2.41. The molecule has 5 nitrogen and oxygen atoms in total. The number of rotatable bonds is 4. The molecule has 1 heterocycles. The number of hydrogen-bond donors (Lipinski definition) is 2. The summed E-state index contributed by atoms with van der Waals surface area (Å²) >= 11 is 0. The highest BCUT2D eigenvalue weighted by Crippen LogP contribution is 2.30. The zero-order valence-corrected chi connectivity index (χ0v) is 10.3. The lowest BCUT2D eigenvalue weighted by Crippen LogP contribution is -1.98. The van der Waals surface area contributed by atoms with E-state index in [0.29, 0.717) is 11.5 Å². The molecule has 1 aromatic carbocycles. The number of ether oxygens (including phenoxy) is 2. The molecule has 0 unspecified atom stereocenters. The topological polar surface area (TPSA) is 69.4 Å². The second kappa shape index (κ2) is 5.27. The summed E-state index contributed by atoms with van der Waals surface area (Å²) in [6.07, 6.45) is 1.59. The fourth-order valence-corrected chi connectivity index (χ4v) is 1.53. The van der Waals surface area contributed by atoms with Crippen LogP contribution in [0.4, 0.5) is 17.2 Å². The summed E-state index contributed by atoms with van der Waals surface area (Å²) < 4.78 is 10.4. The highest BCUT2D eigenvalue weighted by atomic mass is 16.5. The van der Waals surface area contributed by atoms with Crippen molar-refractivity contribution in [3.8, 4) is 11.5 Å². The molecule has 1 aromatic heterocycles. The predicted molar refractivity (Wildman–Crippen MR) is 71.5 cm³/mol. The van der Waals surface area contributed by atoms with E-state index in [1.165, 1.54) is 0 Å². The lowest BCUT2D eigenvalue weighted by Gasteiger charge is -2.12. The summed E-state index contributed by atoms with van der Waals surface area (Å²) in [4.78, 5) is 4.17. The van der Waals surface area contributed by atoms with E-state index >= 15 is 0 Å². The van der Waals surface area contributed by atoms with Crippen molar-refractivity contribution in [2.75, 3.05) is 25.3 Å². The second-order valence-corrected chi connectivity index (χ2v) is 3.67. The molecule has 0 aliphatic rings. The molecule has 0 amide bonds. The van der Waals surface area contributed by atoms with E-state index in [9.17, 15) is 0 Å². The molecule has 3 N–H and O–H groups in total. The molecule has 0 spiro atoms. The molecule has 2 rings (SSSR count). The number of hydrogen-bond acceptors (Lipinski definition) is 5. The van der Waals surface area contributed by atoms with Gasteiger partial charge in [0.25, 0.3) is 0 Å². The Bertz CT molecular complexity index is 526. The van der Waals surface area contributed by atoms with Gasteiger partial charge in [-0.25, -0.2) is 4.98 Å². The van der Waals surface area contributed by atoms with Crippen molar-refractivity contribution in [1.29, 1.82) is 0 Å². The standard InChI is InChI=1S/C13H15N3O2/c1-17-10-4-5-12(18-2)11(7-10)16-13-6-3-9(14)8-15-13/h3-8H,14H2,1-2H3,(H,15,16). The second-order valence-electron chi connectivity index (χ2n) is 3.67. The third kappa shape index (κ3) is 2.63. The monoisotopic (exact) mass is 245 g/mol. The molecule has 0 atom stereocenters. The van der Waals surface area contributed by atoms with Crippen LogP contribution in [0.5, 0.6) is 11.5 Å². The lowest BCUT2D eigenvalue weighted by atomic mass is 10.2. The van der Waals surface area contributed by atoms with Crippen LogP contribution in [-0.2, 0) is 0 Å². The Morgan fingerprint density at radius 3 is 2.56 bits per heavy atom. The number of nitrogens with two attached hydrogens (primary N) is 1. The van der Waals surface area contributed by atoms with Crippen molar-refractivity contribution in [3.63, 3.8) is 0 Å². The Morgan fingerprint density at radius 2 is 1.94 bits per heavy atom. The Labute approximate surface area is 106 Å². The first-order chi connectivity index (χ1) is 8.72. The highest BCUT2D eigenvalue weighted by Gasteiger charge is 2.05. The van der Waals surface area contributed by atoms with E-state index < -0.39 is 0 Å². The minimum atomic E-state index is 0.623. The number of nitrogens with one attached hydrogen (secondary N) is 1. The molecule has 18 heavy (non-hydrogen) atoms. The molecule has 0 saturated carbocycles. The first-order valence-electron chi connectivity index (χ1n) is 5.43. The highest BCUT2D eigenvalue weighted by molar-refractivity contribution is 5.66. The summed E-state index contributed by atoms with van der Waals surface area (Å²) in [7, 11) is 3.23. The Hall–Kier alpha value is -2.43. The Kier molecular flexibility index (Phi) is 3.52. The number of pyridine rings is 1. The van der Waals surface area contributed by atoms with Crippen molar-refractivity contribution in [2.45, 2.75) is 0 Å². The SMILES string of the molecule is COc1ccc(OC)c(Nc2ccc(N)cn2)c1. The first kappa shape index (κ1) is 12.0. The van der Waals surface area contributed by atoms with Crippen molar-refractivity contribution < 1.29 is 9.47 Å². The number of anilines is 3. The smallest absolute Gasteiger partial charge is 0.142 e. The van der Waals surface area contributed by atoms with Gasteiger partial charge in [0.05, 0.1) is 31.8 Å². The fourth-order valence-electron chi connectivity index (χ4n) is 1.53. The van der Waals surface area contributed by atoms with Crippen LogP contribution >= 0.6 is 0 Å². The lowest BCUT2D eigenvalue weighted by molar-refractivity contribution is 0.405. The van der Waals surface area contributed by atoms with Gasteiger partial charge in [0.1, 0.15) is 17.3 Å². The third-order valence-corrected chi connectivity index (χ3v) is 2.46. The number of aromatic nitrogens is 1. The van der Waals surface area contributed by atoms with Crippen LogP contribution < -0.4 is 20.5 Å². The van der Waals surface area contributed by atoms with Gasteiger partial charge in [-0.15, -0.1) is 0 Å². The van der Waals surface area contributed by atoms with E-state index in [0.717, 1.165) is 17.2 Å². The fraction of sp³-hybridized carbons (Fsp3) is 0.154. The normalized spacial score (nSPS) is 9.89. The van der Waals surface area contributed by atoms with Crippen LogP contribution in [0, 0.1) is 0 Å². The average molecular weight is 245 g/mol. The van der Waals surface area contributed by atoms with Gasteiger partial charge in [-0.3, -0.25) is 0 Å². The Morgan fingerprint density at radius 1 is 1.11 bits per heavy atom. The molecular weight excluding hydrogens is 230 g/mol. The van der Waals surface area contributed by atoms with E-state index in [1.807, 2.05) is 18.2 Å². The molecule has 0 bridgehead atoms.